The van der Waals surface area contributed by atoms with Gasteiger partial charge >= 0.3 is 0 Å². The van der Waals surface area contributed by atoms with Crippen molar-refractivity contribution < 1.29 is 0 Å². The average Bonchev–Trinajstić information content (AvgIpc) is 2.38. The lowest BCUT2D eigenvalue weighted by Gasteiger charge is -2.17. The molecule has 0 spiro atoms. The number of nitriles is 1. The van der Waals surface area contributed by atoms with E-state index in [4.69, 9.17) is 5.26 Å². The molecule has 0 aromatic heterocycles. The predicted octanol–water partition coefficient (Wildman–Crippen LogP) is 3.34. The van der Waals surface area contributed by atoms with E-state index < -0.39 is 0 Å². The van der Waals surface area contributed by atoms with Crippen molar-refractivity contribution in [2.24, 2.45) is 10.9 Å². The number of rotatable bonds is 2. The lowest BCUT2D eigenvalue weighted by Crippen LogP contribution is -2.13. The molecule has 1 aromatic carbocycles. The van der Waals surface area contributed by atoms with E-state index in [1.165, 1.54) is 11.3 Å². The molecule has 1 unspecified atom stereocenters. The molecule has 2 nitrogen and oxygen atoms in total. The first kappa shape index (κ1) is 10.9. The molecule has 0 saturated heterocycles. The standard InChI is InChI=1S/C14H16N2/c15-10-13-7-4-8-14(9-13)16-11-12-5-2-1-3-6-12/h1-3,5-6,13H,4,7-9,11H2/b16-14-. The minimum Gasteiger partial charge on any atom is -0.289 e. The molecule has 0 amide bonds. The van der Waals surface area contributed by atoms with Crippen LogP contribution in [0.1, 0.15) is 31.2 Å². The molecular weight excluding hydrogens is 196 g/mol. The number of nitrogens with zero attached hydrogens (tertiary/aromatic N) is 2. The molecule has 0 N–H and O–H groups in total. The molecule has 0 bridgehead atoms. The monoisotopic (exact) mass is 212 g/mol. The Morgan fingerprint density at radius 2 is 2.12 bits per heavy atom. The van der Waals surface area contributed by atoms with E-state index >= 15 is 0 Å². The van der Waals surface area contributed by atoms with Gasteiger partial charge in [-0.15, -0.1) is 0 Å². The maximum atomic E-state index is 8.89. The van der Waals surface area contributed by atoms with Crippen LogP contribution in [0, 0.1) is 17.2 Å². The highest BCUT2D eigenvalue weighted by atomic mass is 14.7. The lowest BCUT2D eigenvalue weighted by molar-refractivity contribution is 0.557. The summed E-state index contributed by atoms with van der Waals surface area (Å²) in [5.41, 5.74) is 2.47. The van der Waals surface area contributed by atoms with Gasteiger partial charge in [0, 0.05) is 12.1 Å². The van der Waals surface area contributed by atoms with Crippen molar-refractivity contribution >= 4 is 5.71 Å². The van der Waals surface area contributed by atoms with Crippen LogP contribution in [0.25, 0.3) is 0 Å². The fraction of sp³-hybridized carbons (Fsp3) is 0.429. The van der Waals surface area contributed by atoms with Gasteiger partial charge in [0.15, 0.2) is 0 Å². The average molecular weight is 212 g/mol. The third-order valence-corrected chi connectivity index (χ3v) is 3.01. The Morgan fingerprint density at radius 3 is 2.88 bits per heavy atom. The molecule has 16 heavy (non-hydrogen) atoms. The van der Waals surface area contributed by atoms with Crippen molar-refractivity contribution in [3.63, 3.8) is 0 Å². The van der Waals surface area contributed by atoms with Crippen LogP contribution < -0.4 is 0 Å². The molecule has 1 aromatic rings. The van der Waals surface area contributed by atoms with Crippen LogP contribution in [0.15, 0.2) is 35.3 Å². The summed E-state index contributed by atoms with van der Waals surface area (Å²) in [6, 6.07) is 12.6. The van der Waals surface area contributed by atoms with E-state index in [1.807, 2.05) is 18.2 Å². The SMILES string of the molecule is N#CC1CCC/C(=N/Cc2ccccc2)C1. The van der Waals surface area contributed by atoms with Gasteiger partial charge < -0.3 is 0 Å². The maximum Gasteiger partial charge on any atom is 0.0659 e. The highest BCUT2D eigenvalue weighted by Gasteiger charge is 2.16. The van der Waals surface area contributed by atoms with Gasteiger partial charge in [-0.3, -0.25) is 4.99 Å². The Balaban J connectivity index is 1.95. The zero-order valence-corrected chi connectivity index (χ0v) is 9.39. The van der Waals surface area contributed by atoms with Gasteiger partial charge in [0.05, 0.1) is 18.5 Å². The third kappa shape index (κ3) is 2.93. The van der Waals surface area contributed by atoms with Gasteiger partial charge in [0.2, 0.25) is 0 Å². The zero-order chi connectivity index (χ0) is 11.2. The van der Waals surface area contributed by atoms with Crippen LogP contribution in [0.5, 0.6) is 0 Å². The molecule has 0 aliphatic heterocycles. The summed E-state index contributed by atoms with van der Waals surface area (Å²) in [6.45, 7) is 0.758. The smallest absolute Gasteiger partial charge is 0.0659 e. The summed E-state index contributed by atoms with van der Waals surface area (Å²) in [4.78, 5) is 4.62. The molecule has 1 aliphatic carbocycles. The van der Waals surface area contributed by atoms with Crippen molar-refractivity contribution in [2.75, 3.05) is 0 Å². The number of hydrogen-bond donors (Lipinski definition) is 0. The highest BCUT2D eigenvalue weighted by molar-refractivity contribution is 5.85. The molecule has 2 heteroatoms. The summed E-state index contributed by atoms with van der Waals surface area (Å²) < 4.78 is 0. The van der Waals surface area contributed by atoms with Crippen LogP contribution in [0.2, 0.25) is 0 Å². The minimum atomic E-state index is 0.197. The molecule has 1 aliphatic rings. The third-order valence-electron chi connectivity index (χ3n) is 3.01. The predicted molar refractivity (Wildman–Crippen MR) is 65.2 cm³/mol. The van der Waals surface area contributed by atoms with E-state index in [2.05, 4.69) is 23.2 Å². The zero-order valence-electron chi connectivity index (χ0n) is 9.39. The van der Waals surface area contributed by atoms with E-state index in [1.54, 1.807) is 0 Å². The van der Waals surface area contributed by atoms with E-state index in [0.717, 1.165) is 32.2 Å². The summed E-state index contributed by atoms with van der Waals surface area (Å²) in [5, 5.41) is 8.89. The normalized spacial score (nSPS) is 22.9. The van der Waals surface area contributed by atoms with Gasteiger partial charge in [-0.1, -0.05) is 30.3 Å². The second-order valence-electron chi connectivity index (χ2n) is 4.29. The van der Waals surface area contributed by atoms with Crippen molar-refractivity contribution in [1.82, 2.24) is 0 Å². The van der Waals surface area contributed by atoms with Crippen LogP contribution in [-0.2, 0) is 6.54 Å². The van der Waals surface area contributed by atoms with E-state index in [-0.39, 0.29) is 5.92 Å². The number of benzene rings is 1. The molecule has 1 atom stereocenters. The number of hydrogen-bond acceptors (Lipinski definition) is 2. The Hall–Kier alpha value is -1.62. The van der Waals surface area contributed by atoms with Crippen molar-refractivity contribution in [1.29, 1.82) is 5.26 Å². The molecule has 1 saturated carbocycles. The molecule has 1 fully saturated rings. The molecule has 0 radical (unpaired) electrons. The highest BCUT2D eigenvalue weighted by Crippen LogP contribution is 2.21. The summed E-state index contributed by atoms with van der Waals surface area (Å²) in [6.07, 6.45) is 4.11. The molecule has 82 valence electrons. The minimum absolute atomic E-state index is 0.197. The molecule has 0 heterocycles. The van der Waals surface area contributed by atoms with Gasteiger partial charge in [0.1, 0.15) is 0 Å². The summed E-state index contributed by atoms with van der Waals surface area (Å²) in [5.74, 6) is 0.197. The topological polar surface area (TPSA) is 36.1 Å². The van der Waals surface area contributed by atoms with Crippen molar-refractivity contribution in [3.05, 3.63) is 35.9 Å². The number of aliphatic imine (C=N–C) groups is 1. The molecular formula is C14H16N2. The van der Waals surface area contributed by atoms with Gasteiger partial charge in [-0.25, -0.2) is 0 Å². The quantitative estimate of drug-likeness (QED) is 0.740. The Labute approximate surface area is 96.6 Å². The molecule has 2 rings (SSSR count). The Kier molecular flexibility index (Phi) is 3.71. The first-order valence-electron chi connectivity index (χ1n) is 5.84. The van der Waals surface area contributed by atoms with Crippen molar-refractivity contribution in [3.8, 4) is 6.07 Å². The van der Waals surface area contributed by atoms with Gasteiger partial charge in [-0.05, 0) is 24.8 Å². The Morgan fingerprint density at radius 1 is 1.31 bits per heavy atom. The first-order chi connectivity index (χ1) is 7.88. The van der Waals surface area contributed by atoms with Crippen LogP contribution in [0.3, 0.4) is 0 Å². The first-order valence-corrected chi connectivity index (χ1v) is 5.84. The fourth-order valence-electron chi connectivity index (χ4n) is 2.08. The Bertz CT molecular complexity index is 400. The summed E-state index contributed by atoms with van der Waals surface area (Å²) >= 11 is 0. The maximum absolute atomic E-state index is 8.89. The second kappa shape index (κ2) is 5.46. The second-order valence-corrected chi connectivity index (χ2v) is 4.29. The van der Waals surface area contributed by atoms with Crippen LogP contribution >= 0.6 is 0 Å². The van der Waals surface area contributed by atoms with Crippen molar-refractivity contribution in [2.45, 2.75) is 32.2 Å². The van der Waals surface area contributed by atoms with Gasteiger partial charge in [-0.2, -0.15) is 5.26 Å². The van der Waals surface area contributed by atoms with Crippen LogP contribution in [0.4, 0.5) is 0 Å². The van der Waals surface area contributed by atoms with E-state index in [0.29, 0.717) is 0 Å². The fourth-order valence-corrected chi connectivity index (χ4v) is 2.08. The van der Waals surface area contributed by atoms with Gasteiger partial charge in [0.25, 0.3) is 0 Å². The largest absolute Gasteiger partial charge is 0.289 e. The van der Waals surface area contributed by atoms with Crippen LogP contribution in [-0.4, -0.2) is 5.71 Å². The summed E-state index contributed by atoms with van der Waals surface area (Å²) in [7, 11) is 0. The van der Waals surface area contributed by atoms with E-state index in [9.17, 15) is 0 Å². The lowest BCUT2D eigenvalue weighted by atomic mass is 9.89.